The molecule has 1 aliphatic heterocycles. The molecule has 0 unspecified atom stereocenters. The molecule has 1 saturated heterocycles. The second-order valence-corrected chi connectivity index (χ2v) is 6.95. The van der Waals surface area contributed by atoms with Crippen molar-refractivity contribution in [3.05, 3.63) is 54.2 Å². The minimum atomic E-state index is -0.449. The first kappa shape index (κ1) is 19.8. The number of fused-ring (bicyclic) bond motifs is 1. The predicted molar refractivity (Wildman–Crippen MR) is 116 cm³/mol. The Kier molecular flexibility index (Phi) is 5.83. The van der Waals surface area contributed by atoms with Crippen molar-refractivity contribution in [3.8, 4) is 5.75 Å². The van der Waals surface area contributed by atoms with Crippen molar-refractivity contribution in [1.29, 1.82) is 0 Å². The maximum atomic E-state index is 12.4. The van der Waals surface area contributed by atoms with Gasteiger partial charge in [-0.25, -0.2) is 4.79 Å². The van der Waals surface area contributed by atoms with Gasteiger partial charge in [-0.3, -0.25) is 5.01 Å². The minimum Gasteiger partial charge on any atom is -0.497 e. The van der Waals surface area contributed by atoms with Gasteiger partial charge in [-0.05, 0) is 37.3 Å². The van der Waals surface area contributed by atoms with E-state index in [1.165, 1.54) is 5.69 Å². The van der Waals surface area contributed by atoms with E-state index in [2.05, 4.69) is 32.4 Å². The van der Waals surface area contributed by atoms with Gasteiger partial charge >= 0.3 is 5.97 Å². The molecule has 0 bridgehead atoms. The number of aromatic nitrogens is 1. The van der Waals surface area contributed by atoms with Gasteiger partial charge in [0.2, 0.25) is 0 Å². The third-order valence-corrected chi connectivity index (χ3v) is 5.11. The van der Waals surface area contributed by atoms with E-state index < -0.39 is 5.97 Å². The zero-order chi connectivity index (χ0) is 20.9. The molecule has 0 atom stereocenters. The van der Waals surface area contributed by atoms with Gasteiger partial charge in [0.05, 0.1) is 26.8 Å². The van der Waals surface area contributed by atoms with Crippen LogP contribution >= 0.6 is 0 Å². The summed E-state index contributed by atoms with van der Waals surface area (Å²) in [5.74, 6) is 0.236. The van der Waals surface area contributed by atoms with E-state index in [0.717, 1.165) is 37.1 Å². The number of hydrogen-bond acceptors (Lipinski definition) is 6. The van der Waals surface area contributed by atoms with Crippen LogP contribution in [0, 0.1) is 0 Å². The van der Waals surface area contributed by atoms with Crippen LogP contribution in [0.25, 0.3) is 10.9 Å². The van der Waals surface area contributed by atoms with E-state index in [1.807, 2.05) is 41.4 Å². The Morgan fingerprint density at radius 3 is 2.57 bits per heavy atom. The Morgan fingerprint density at radius 1 is 1.10 bits per heavy atom. The average molecular weight is 407 g/mol. The van der Waals surface area contributed by atoms with Crippen molar-refractivity contribution in [3.63, 3.8) is 0 Å². The van der Waals surface area contributed by atoms with Crippen molar-refractivity contribution in [1.82, 2.24) is 9.99 Å². The maximum Gasteiger partial charge on any atom is 0.357 e. The maximum absolute atomic E-state index is 12.4. The van der Waals surface area contributed by atoms with Gasteiger partial charge in [-0.2, -0.15) is 0 Å². The summed E-state index contributed by atoms with van der Waals surface area (Å²) in [6.07, 6.45) is 0. The summed E-state index contributed by atoms with van der Waals surface area (Å²) in [6.45, 7) is 5.27. The summed E-state index contributed by atoms with van der Waals surface area (Å²) in [7, 11) is 1.60. The lowest BCUT2D eigenvalue weighted by atomic mass is 10.2. The summed E-state index contributed by atoms with van der Waals surface area (Å²) in [5, 5.41) is 11.6. The molecule has 4 rings (SSSR count). The number of rotatable bonds is 6. The molecule has 1 aromatic heterocycles. The number of para-hydroxylation sites is 1. The Labute approximate surface area is 175 Å². The Hall–Kier alpha value is -3.55. The topological polar surface area (TPSA) is 82.5 Å². The summed E-state index contributed by atoms with van der Waals surface area (Å²) in [6, 6.07) is 15.9. The molecule has 3 aromatic rings. The highest BCUT2D eigenvalue weighted by Gasteiger charge is 2.21. The molecule has 1 N–H and O–H groups in total. The average Bonchev–Trinajstić information content (AvgIpc) is 3.16. The molecule has 1 fully saturated rings. The van der Waals surface area contributed by atoms with Gasteiger partial charge in [-0.15, -0.1) is 5.11 Å². The van der Waals surface area contributed by atoms with Crippen LogP contribution in [-0.2, 0) is 4.74 Å². The molecular formula is C22H25N5O3. The van der Waals surface area contributed by atoms with E-state index in [-0.39, 0.29) is 6.61 Å². The molecule has 0 radical (unpaired) electrons. The molecule has 8 nitrogen and oxygen atoms in total. The number of nitrogens with one attached hydrogen (secondary N) is 1. The molecule has 30 heavy (non-hydrogen) atoms. The third-order valence-electron chi connectivity index (χ3n) is 5.11. The standard InChI is InChI=1S/C22H25N5O3/c1-3-30-22(28)21-20(18-15-17(29-2)9-10-19(18)23-21)24-25-27-13-11-26(12-14-27)16-7-5-4-6-8-16/h4-10,15,23H,3,11-14H2,1-2H3. The van der Waals surface area contributed by atoms with Crippen LogP contribution in [0.4, 0.5) is 11.4 Å². The molecule has 0 saturated carbocycles. The number of aromatic amines is 1. The van der Waals surface area contributed by atoms with Crippen molar-refractivity contribution >= 4 is 28.2 Å². The number of ether oxygens (including phenoxy) is 2. The van der Waals surface area contributed by atoms with Crippen LogP contribution in [0.2, 0.25) is 0 Å². The number of piperazine rings is 1. The fraction of sp³-hybridized carbons (Fsp3) is 0.318. The lowest BCUT2D eigenvalue weighted by molar-refractivity contribution is 0.0521. The molecule has 2 aromatic carbocycles. The zero-order valence-corrected chi connectivity index (χ0v) is 17.2. The van der Waals surface area contributed by atoms with Crippen molar-refractivity contribution < 1.29 is 14.3 Å². The number of carbonyl (C=O) groups is 1. The Bertz CT molecular complexity index is 1040. The van der Waals surface area contributed by atoms with Gasteiger partial charge in [0.25, 0.3) is 0 Å². The van der Waals surface area contributed by atoms with E-state index in [9.17, 15) is 4.79 Å². The van der Waals surface area contributed by atoms with Gasteiger partial charge < -0.3 is 19.4 Å². The SMILES string of the molecule is CCOC(=O)c1[nH]c2ccc(OC)cc2c1N=NN1CCN(c2ccccc2)CC1. The largest absolute Gasteiger partial charge is 0.497 e. The van der Waals surface area contributed by atoms with E-state index in [0.29, 0.717) is 17.1 Å². The lowest BCUT2D eigenvalue weighted by Gasteiger charge is -2.33. The number of esters is 1. The highest BCUT2D eigenvalue weighted by atomic mass is 16.5. The molecule has 0 aliphatic carbocycles. The van der Waals surface area contributed by atoms with Crippen LogP contribution in [0.15, 0.2) is 58.9 Å². The van der Waals surface area contributed by atoms with Crippen LogP contribution in [-0.4, -0.2) is 55.9 Å². The van der Waals surface area contributed by atoms with Crippen LogP contribution in [0.1, 0.15) is 17.4 Å². The molecule has 8 heteroatoms. The summed E-state index contributed by atoms with van der Waals surface area (Å²) < 4.78 is 10.5. The van der Waals surface area contributed by atoms with Crippen molar-refractivity contribution in [2.45, 2.75) is 6.92 Å². The molecule has 0 amide bonds. The van der Waals surface area contributed by atoms with Gasteiger partial charge in [0, 0.05) is 29.7 Å². The fourth-order valence-electron chi connectivity index (χ4n) is 3.53. The minimum absolute atomic E-state index is 0.287. The normalized spacial score (nSPS) is 14.5. The predicted octanol–water partition coefficient (Wildman–Crippen LogP) is 4.17. The number of H-pyrrole nitrogens is 1. The monoisotopic (exact) mass is 407 g/mol. The van der Waals surface area contributed by atoms with Crippen LogP contribution < -0.4 is 9.64 Å². The first-order chi connectivity index (χ1) is 14.7. The second-order valence-electron chi connectivity index (χ2n) is 6.95. The molecule has 0 spiro atoms. The Morgan fingerprint density at radius 2 is 1.87 bits per heavy atom. The smallest absolute Gasteiger partial charge is 0.357 e. The van der Waals surface area contributed by atoms with E-state index >= 15 is 0 Å². The number of anilines is 1. The quantitative estimate of drug-likeness (QED) is 0.490. The zero-order valence-electron chi connectivity index (χ0n) is 17.2. The van der Waals surface area contributed by atoms with Crippen molar-refractivity contribution in [2.75, 3.05) is 44.8 Å². The summed E-state index contributed by atoms with van der Waals surface area (Å²) in [4.78, 5) is 17.9. The number of carbonyl (C=O) groups excluding carboxylic acids is 1. The van der Waals surface area contributed by atoms with Gasteiger partial charge in [0.15, 0.2) is 5.69 Å². The van der Waals surface area contributed by atoms with Gasteiger partial charge in [-0.1, -0.05) is 23.4 Å². The fourth-order valence-corrected chi connectivity index (χ4v) is 3.53. The number of nitrogens with zero attached hydrogens (tertiary/aromatic N) is 4. The van der Waals surface area contributed by atoms with E-state index in [4.69, 9.17) is 9.47 Å². The van der Waals surface area contributed by atoms with Crippen LogP contribution in [0.5, 0.6) is 5.75 Å². The summed E-state index contributed by atoms with van der Waals surface area (Å²) >= 11 is 0. The summed E-state index contributed by atoms with van der Waals surface area (Å²) in [5.41, 5.74) is 2.75. The van der Waals surface area contributed by atoms with Gasteiger partial charge in [0.1, 0.15) is 11.4 Å². The molecule has 156 valence electrons. The Balaban J connectivity index is 1.55. The number of hydrogen-bond donors (Lipinski definition) is 1. The second kappa shape index (κ2) is 8.86. The highest BCUT2D eigenvalue weighted by Crippen LogP contribution is 2.34. The number of methoxy groups -OCH3 is 1. The number of benzene rings is 2. The van der Waals surface area contributed by atoms with Crippen molar-refractivity contribution in [2.24, 2.45) is 10.3 Å². The first-order valence-electron chi connectivity index (χ1n) is 10.0. The molecule has 1 aliphatic rings. The van der Waals surface area contributed by atoms with Crippen LogP contribution in [0.3, 0.4) is 0 Å². The first-order valence-corrected chi connectivity index (χ1v) is 10.0. The third kappa shape index (κ3) is 4.07. The highest BCUT2D eigenvalue weighted by molar-refractivity contribution is 6.05. The molecular weight excluding hydrogens is 382 g/mol. The lowest BCUT2D eigenvalue weighted by Crippen LogP contribution is -2.43. The molecule has 2 heterocycles. The van der Waals surface area contributed by atoms with E-state index in [1.54, 1.807) is 14.0 Å².